The highest BCUT2D eigenvalue weighted by molar-refractivity contribution is 7.89. The smallest absolute Gasteiger partial charge is 0.211 e. The minimum atomic E-state index is -2.98. The fraction of sp³-hybridized carbons (Fsp3) is 1.00. The highest BCUT2D eigenvalue weighted by atomic mass is 32.2. The second-order valence-electron chi connectivity index (χ2n) is 2.75. The zero-order chi connectivity index (χ0) is 8.32. The maximum absolute atomic E-state index is 10.9. The fourth-order valence-electron chi connectivity index (χ4n) is 0.994. The summed E-state index contributed by atoms with van der Waals surface area (Å²) in [6.45, 7) is 1.03. The van der Waals surface area contributed by atoms with Crippen molar-refractivity contribution in [3.05, 3.63) is 0 Å². The van der Waals surface area contributed by atoms with Crippen LogP contribution in [0.1, 0.15) is 12.8 Å². The first kappa shape index (κ1) is 8.96. The minimum absolute atomic E-state index is 0.237. The topological polar surface area (TPSA) is 58.2 Å². The lowest BCUT2D eigenvalue weighted by molar-refractivity contribution is 0.362. The molecule has 11 heavy (non-hydrogen) atoms. The third-order valence-electron chi connectivity index (χ3n) is 1.97. The van der Waals surface area contributed by atoms with Crippen LogP contribution >= 0.6 is 0 Å². The molecule has 0 spiro atoms. The van der Waals surface area contributed by atoms with E-state index in [1.807, 2.05) is 0 Å². The van der Waals surface area contributed by atoms with E-state index in [1.54, 1.807) is 0 Å². The zero-order valence-electron chi connectivity index (χ0n) is 6.63. The van der Waals surface area contributed by atoms with Crippen molar-refractivity contribution in [1.29, 1.82) is 0 Å². The molecule has 1 fully saturated rings. The normalized spacial score (nSPS) is 24.6. The summed E-state index contributed by atoms with van der Waals surface area (Å²) in [6, 6.07) is 0.429. The first-order valence-corrected chi connectivity index (χ1v) is 5.44. The molecule has 5 heteroatoms. The largest absolute Gasteiger partial charge is 0.314 e. The molecule has 1 heterocycles. The maximum atomic E-state index is 10.9. The van der Waals surface area contributed by atoms with Gasteiger partial charge in [-0.3, -0.25) is 0 Å². The third kappa shape index (κ3) is 2.76. The SMILES string of the molecule is CNS(=O)(=O)CCC1CCN1. The lowest BCUT2D eigenvalue weighted by Crippen LogP contribution is -2.44. The van der Waals surface area contributed by atoms with Gasteiger partial charge in [-0.05, 0) is 26.4 Å². The van der Waals surface area contributed by atoms with E-state index < -0.39 is 10.0 Å². The van der Waals surface area contributed by atoms with Crippen LogP contribution in [0.3, 0.4) is 0 Å². The van der Waals surface area contributed by atoms with Crippen LogP contribution in [0.25, 0.3) is 0 Å². The van der Waals surface area contributed by atoms with Crippen LogP contribution in [-0.4, -0.2) is 33.8 Å². The molecule has 1 aliphatic heterocycles. The molecule has 4 nitrogen and oxygen atoms in total. The number of hydrogen-bond acceptors (Lipinski definition) is 3. The van der Waals surface area contributed by atoms with Crippen molar-refractivity contribution in [1.82, 2.24) is 10.0 Å². The van der Waals surface area contributed by atoms with E-state index in [9.17, 15) is 8.42 Å². The van der Waals surface area contributed by atoms with Crippen LogP contribution in [0.2, 0.25) is 0 Å². The van der Waals surface area contributed by atoms with Crippen molar-refractivity contribution in [3.63, 3.8) is 0 Å². The summed E-state index contributed by atoms with van der Waals surface area (Å²) in [5, 5.41) is 3.15. The van der Waals surface area contributed by atoms with Crippen molar-refractivity contribution in [3.8, 4) is 0 Å². The van der Waals surface area contributed by atoms with E-state index in [-0.39, 0.29) is 5.75 Å². The molecule has 0 aromatic carbocycles. The van der Waals surface area contributed by atoms with Gasteiger partial charge in [-0.2, -0.15) is 0 Å². The summed E-state index contributed by atoms with van der Waals surface area (Å²) in [4.78, 5) is 0. The fourth-order valence-corrected chi connectivity index (χ4v) is 1.79. The lowest BCUT2D eigenvalue weighted by Gasteiger charge is -2.27. The van der Waals surface area contributed by atoms with Crippen LogP contribution in [0.5, 0.6) is 0 Å². The molecule has 0 saturated carbocycles. The molecule has 66 valence electrons. The van der Waals surface area contributed by atoms with Crippen LogP contribution < -0.4 is 10.0 Å². The highest BCUT2D eigenvalue weighted by Gasteiger charge is 2.18. The standard InChI is InChI=1S/C6H14N2O2S/c1-7-11(9,10)5-3-6-2-4-8-6/h6-8H,2-5H2,1H3. The predicted molar refractivity (Wildman–Crippen MR) is 43.9 cm³/mol. The average molecular weight is 178 g/mol. The Morgan fingerprint density at radius 1 is 1.64 bits per heavy atom. The highest BCUT2D eigenvalue weighted by Crippen LogP contribution is 2.07. The molecule has 1 unspecified atom stereocenters. The molecule has 1 rings (SSSR count). The molecule has 0 aliphatic carbocycles. The summed E-state index contributed by atoms with van der Waals surface area (Å²) in [7, 11) is -1.53. The van der Waals surface area contributed by atoms with Crippen molar-refractivity contribution < 1.29 is 8.42 Å². The molecule has 0 bridgehead atoms. The molecule has 1 saturated heterocycles. The Hall–Kier alpha value is -0.130. The van der Waals surface area contributed by atoms with Gasteiger partial charge in [0.15, 0.2) is 0 Å². The van der Waals surface area contributed by atoms with E-state index >= 15 is 0 Å². The van der Waals surface area contributed by atoms with Crippen LogP contribution in [0, 0.1) is 0 Å². The second-order valence-corrected chi connectivity index (χ2v) is 4.80. The van der Waals surface area contributed by atoms with Gasteiger partial charge in [0.2, 0.25) is 10.0 Å². The number of rotatable bonds is 4. The van der Waals surface area contributed by atoms with Crippen LogP contribution in [0.15, 0.2) is 0 Å². The van der Waals surface area contributed by atoms with Crippen molar-refractivity contribution in [2.24, 2.45) is 0 Å². The van der Waals surface area contributed by atoms with Gasteiger partial charge >= 0.3 is 0 Å². The Bertz CT molecular complexity index is 209. The molecular formula is C6H14N2O2S. The van der Waals surface area contributed by atoms with E-state index in [4.69, 9.17) is 0 Å². The van der Waals surface area contributed by atoms with Gasteiger partial charge < -0.3 is 5.32 Å². The summed E-state index contributed by atoms with van der Waals surface area (Å²) in [5.74, 6) is 0.237. The first-order chi connectivity index (χ1) is 5.14. The monoisotopic (exact) mass is 178 g/mol. The number of nitrogens with one attached hydrogen (secondary N) is 2. The van der Waals surface area contributed by atoms with Gasteiger partial charge in [-0.15, -0.1) is 0 Å². The van der Waals surface area contributed by atoms with Gasteiger partial charge in [0, 0.05) is 6.04 Å². The average Bonchev–Trinajstić information content (AvgIpc) is 1.84. The van der Waals surface area contributed by atoms with Gasteiger partial charge in [-0.1, -0.05) is 0 Å². The van der Waals surface area contributed by atoms with Crippen LogP contribution in [0.4, 0.5) is 0 Å². The quantitative estimate of drug-likeness (QED) is 0.598. The molecule has 0 amide bonds. The molecule has 1 atom stereocenters. The summed E-state index contributed by atoms with van der Waals surface area (Å²) in [5.41, 5.74) is 0. The van der Waals surface area contributed by atoms with E-state index in [2.05, 4.69) is 10.0 Å². The molecule has 0 aromatic rings. The first-order valence-electron chi connectivity index (χ1n) is 3.78. The van der Waals surface area contributed by atoms with Gasteiger partial charge in [0.05, 0.1) is 5.75 Å². The van der Waals surface area contributed by atoms with Crippen molar-refractivity contribution >= 4 is 10.0 Å². The lowest BCUT2D eigenvalue weighted by atomic mass is 10.1. The Kier molecular flexibility index (Phi) is 2.86. The van der Waals surface area contributed by atoms with Crippen LogP contribution in [-0.2, 0) is 10.0 Å². The maximum Gasteiger partial charge on any atom is 0.211 e. The van der Waals surface area contributed by atoms with Gasteiger partial charge in [-0.25, -0.2) is 13.1 Å². The van der Waals surface area contributed by atoms with Crippen molar-refractivity contribution in [2.75, 3.05) is 19.3 Å². The minimum Gasteiger partial charge on any atom is -0.314 e. The summed E-state index contributed by atoms with van der Waals surface area (Å²) < 4.78 is 24.1. The van der Waals surface area contributed by atoms with Gasteiger partial charge in [0.1, 0.15) is 0 Å². The van der Waals surface area contributed by atoms with Gasteiger partial charge in [0.25, 0.3) is 0 Å². The molecule has 1 aliphatic rings. The number of hydrogen-bond donors (Lipinski definition) is 2. The summed E-state index contributed by atoms with van der Waals surface area (Å²) >= 11 is 0. The van der Waals surface area contributed by atoms with E-state index in [0.717, 1.165) is 19.4 Å². The van der Waals surface area contributed by atoms with E-state index in [1.165, 1.54) is 7.05 Å². The molecule has 0 aromatic heterocycles. The molecular weight excluding hydrogens is 164 g/mol. The Morgan fingerprint density at radius 2 is 2.27 bits per heavy atom. The molecule has 2 N–H and O–H groups in total. The predicted octanol–water partition coefficient (Wildman–Crippen LogP) is -0.712. The Labute approximate surface area is 67.4 Å². The van der Waals surface area contributed by atoms with E-state index in [0.29, 0.717) is 6.04 Å². The second kappa shape index (κ2) is 3.51. The summed E-state index contributed by atoms with van der Waals surface area (Å²) in [6.07, 6.45) is 1.84. The Balaban J connectivity index is 2.20. The zero-order valence-corrected chi connectivity index (χ0v) is 7.45. The third-order valence-corrected chi connectivity index (χ3v) is 3.37. The number of sulfonamides is 1. The Morgan fingerprint density at radius 3 is 2.64 bits per heavy atom. The van der Waals surface area contributed by atoms with Crippen molar-refractivity contribution in [2.45, 2.75) is 18.9 Å². The molecule has 0 radical (unpaired) electrons.